The van der Waals surface area contributed by atoms with Gasteiger partial charge >= 0.3 is 148 Å². The number of carboxylic acids is 5. The second-order valence-corrected chi connectivity index (χ2v) is 3.53. The van der Waals surface area contributed by atoms with Gasteiger partial charge in [0, 0.05) is 27.8 Å². The fourth-order valence-corrected chi connectivity index (χ4v) is 1.63. The van der Waals surface area contributed by atoms with E-state index in [4.69, 9.17) is 0 Å². The van der Waals surface area contributed by atoms with Crippen molar-refractivity contribution in [3.05, 3.63) is 33.9 Å². The van der Waals surface area contributed by atoms with Crippen LogP contribution >= 0.6 is 0 Å². The van der Waals surface area contributed by atoms with Gasteiger partial charge in [0.05, 0.1) is 29.8 Å². The maximum atomic E-state index is 10.9. The first-order valence-electron chi connectivity index (χ1n) is 4.87. The van der Waals surface area contributed by atoms with E-state index in [9.17, 15) is 49.5 Å². The molecule has 0 unspecified atom stereocenters. The molecule has 1 aromatic carbocycles. The molecule has 1 aromatic rings. The minimum absolute atomic E-state index is 0. The zero-order valence-corrected chi connectivity index (χ0v) is 24.7. The van der Waals surface area contributed by atoms with Crippen molar-refractivity contribution in [2.24, 2.45) is 0 Å². The van der Waals surface area contributed by atoms with Gasteiger partial charge in [-0.2, -0.15) is 0 Å². The molecule has 0 spiro atoms. The Kier molecular flexibility index (Phi) is 24.1. The summed E-state index contributed by atoms with van der Waals surface area (Å²) in [7, 11) is 0. The summed E-state index contributed by atoms with van der Waals surface area (Å²) in [6.07, 6.45) is 0. The van der Waals surface area contributed by atoms with Crippen molar-refractivity contribution in [3.63, 3.8) is 0 Å². The summed E-state index contributed by atoms with van der Waals surface area (Å²) in [5.41, 5.74) is -7.79. The van der Waals surface area contributed by atoms with Gasteiger partial charge in [0.25, 0.3) is 0 Å². The first-order valence-corrected chi connectivity index (χ1v) is 4.87. The average Bonchev–Trinajstić information content (AvgIpc) is 2.34. The molecule has 110 valence electrons. The molecule has 26 heavy (non-hydrogen) atoms. The Morgan fingerprint density at radius 3 is 0.846 bits per heavy atom. The molecule has 0 aliphatic rings. The van der Waals surface area contributed by atoms with Crippen LogP contribution in [0.5, 0.6) is 0 Å². The molecular formula is C11HNa5O10. The van der Waals surface area contributed by atoms with E-state index in [-0.39, 0.29) is 154 Å². The van der Waals surface area contributed by atoms with Crippen molar-refractivity contribution in [1.82, 2.24) is 0 Å². The number of carboxylic acid groups (broad SMARTS) is 5. The predicted molar refractivity (Wildman–Crippen MR) is 48.1 cm³/mol. The van der Waals surface area contributed by atoms with E-state index in [0.29, 0.717) is 0 Å². The van der Waals surface area contributed by atoms with Crippen molar-refractivity contribution in [1.29, 1.82) is 0 Å². The summed E-state index contributed by atoms with van der Waals surface area (Å²) in [4.78, 5) is 54.1. The van der Waals surface area contributed by atoms with Crippen molar-refractivity contribution >= 4 is 29.8 Å². The third kappa shape index (κ3) is 8.93. The zero-order chi connectivity index (χ0) is 16.5. The molecule has 0 radical (unpaired) electrons. The molecule has 1 rings (SSSR count). The molecule has 0 amide bonds. The Labute approximate surface area is 256 Å². The maximum absolute atomic E-state index is 10.9. The molecule has 0 atom stereocenters. The molecule has 0 N–H and O–H groups in total. The fraction of sp³-hybridized carbons (Fsp3) is 0. The van der Waals surface area contributed by atoms with Gasteiger partial charge in [0.15, 0.2) is 0 Å². The molecule has 0 saturated heterocycles. The Bertz CT molecular complexity index is 668. The smallest absolute Gasteiger partial charge is 0.545 e. The summed E-state index contributed by atoms with van der Waals surface area (Å²) in [6, 6.07) is 0.0629. The van der Waals surface area contributed by atoms with Gasteiger partial charge < -0.3 is 49.5 Å². The van der Waals surface area contributed by atoms with E-state index < -0.39 is 57.7 Å². The predicted octanol–water partition coefficient (Wildman–Crippen LogP) is -21.5. The molecule has 0 saturated carbocycles. The topological polar surface area (TPSA) is 201 Å². The van der Waals surface area contributed by atoms with Gasteiger partial charge in [-0.15, -0.1) is 0 Å². The largest absolute Gasteiger partial charge is 1.00 e. The van der Waals surface area contributed by atoms with E-state index in [1.54, 1.807) is 0 Å². The van der Waals surface area contributed by atoms with Crippen LogP contribution in [0.2, 0.25) is 0 Å². The van der Waals surface area contributed by atoms with Crippen LogP contribution in [0.3, 0.4) is 0 Å². The van der Waals surface area contributed by atoms with Gasteiger partial charge in [-0.05, 0) is 6.07 Å². The summed E-state index contributed by atoms with van der Waals surface area (Å²) in [6.45, 7) is 0. The standard InChI is InChI=1S/C11H6O10.5Na/c12-7(13)2-1-3(8(14)15)5(10(18)19)6(11(20)21)4(2)9(16)17;;;;;/h1H,(H,12,13)(H,14,15)(H,16,17)(H,18,19)(H,20,21);;;;;/q;5*+1/p-5. The van der Waals surface area contributed by atoms with E-state index >= 15 is 0 Å². The quantitative estimate of drug-likeness (QED) is 0.421. The van der Waals surface area contributed by atoms with Gasteiger partial charge in [-0.25, -0.2) is 0 Å². The number of rotatable bonds is 5. The Balaban J connectivity index is -0.000000294. The SMILES string of the molecule is O=C([O-])c1cc(C(=O)[O-])c(C(=O)[O-])c(C(=O)[O-])c1C(=O)[O-].[Na+].[Na+].[Na+].[Na+].[Na+]. The third-order valence-corrected chi connectivity index (χ3v) is 2.38. The van der Waals surface area contributed by atoms with Gasteiger partial charge in [0.1, 0.15) is 0 Å². The number of benzene rings is 1. The van der Waals surface area contributed by atoms with Crippen LogP contribution in [0.25, 0.3) is 0 Å². The van der Waals surface area contributed by atoms with E-state index in [1.807, 2.05) is 0 Å². The molecule has 10 nitrogen and oxygen atoms in total. The summed E-state index contributed by atoms with van der Waals surface area (Å²) in [5.74, 6) is -11.8. The van der Waals surface area contributed by atoms with Crippen LogP contribution in [-0.4, -0.2) is 29.8 Å². The summed E-state index contributed by atoms with van der Waals surface area (Å²) >= 11 is 0. The van der Waals surface area contributed by atoms with Crippen LogP contribution in [0.1, 0.15) is 51.8 Å². The minimum Gasteiger partial charge on any atom is -0.545 e. The van der Waals surface area contributed by atoms with Crippen LogP contribution in [0.15, 0.2) is 6.07 Å². The first-order chi connectivity index (χ1) is 9.59. The normalized spacial score (nSPS) is 8.00. The van der Waals surface area contributed by atoms with Gasteiger partial charge in [0.2, 0.25) is 0 Å². The molecule has 0 fully saturated rings. The number of carbonyl (C=O) groups excluding carboxylic acids is 5. The molecule has 15 heteroatoms. The Morgan fingerprint density at radius 1 is 0.462 bits per heavy atom. The Hall–Kier alpha value is 1.57. The van der Waals surface area contributed by atoms with E-state index in [0.717, 1.165) is 0 Å². The molecule has 0 bridgehead atoms. The first kappa shape index (κ1) is 38.2. The second-order valence-electron chi connectivity index (χ2n) is 3.53. The van der Waals surface area contributed by atoms with Crippen LogP contribution in [0.4, 0.5) is 0 Å². The van der Waals surface area contributed by atoms with Gasteiger partial charge in [-0.3, -0.25) is 0 Å². The third-order valence-electron chi connectivity index (χ3n) is 2.38. The number of carbonyl (C=O) groups is 5. The number of aromatic carboxylic acids is 5. The van der Waals surface area contributed by atoms with Crippen molar-refractivity contribution < 1.29 is 197 Å². The fourth-order valence-electron chi connectivity index (χ4n) is 1.63. The molecule has 0 aliphatic heterocycles. The number of hydrogen-bond acceptors (Lipinski definition) is 10. The maximum Gasteiger partial charge on any atom is 1.00 e. The van der Waals surface area contributed by atoms with E-state index in [1.165, 1.54) is 0 Å². The van der Waals surface area contributed by atoms with Crippen molar-refractivity contribution in [3.8, 4) is 0 Å². The van der Waals surface area contributed by atoms with Crippen molar-refractivity contribution in [2.45, 2.75) is 0 Å². The minimum atomic E-state index is -2.46. The van der Waals surface area contributed by atoms with E-state index in [2.05, 4.69) is 0 Å². The van der Waals surface area contributed by atoms with Crippen LogP contribution < -0.4 is 173 Å². The Morgan fingerprint density at radius 2 is 0.692 bits per heavy atom. The summed E-state index contributed by atoms with van der Waals surface area (Å²) in [5, 5.41) is 54.1. The van der Waals surface area contributed by atoms with Crippen LogP contribution in [0, 0.1) is 0 Å². The molecule has 0 aromatic heterocycles. The van der Waals surface area contributed by atoms with Gasteiger partial charge in [-0.1, -0.05) is 0 Å². The molecule has 0 heterocycles. The summed E-state index contributed by atoms with van der Waals surface area (Å²) < 4.78 is 0. The average molecular weight is 408 g/mol. The monoisotopic (exact) mass is 408 g/mol. The molecule has 0 aliphatic carbocycles. The zero-order valence-electron chi connectivity index (χ0n) is 14.7. The second kappa shape index (κ2) is 16.4. The number of hydrogen-bond donors (Lipinski definition) is 0. The molecular weight excluding hydrogens is 407 g/mol. The van der Waals surface area contributed by atoms with Crippen LogP contribution in [-0.2, 0) is 0 Å². The van der Waals surface area contributed by atoms with Crippen molar-refractivity contribution in [2.75, 3.05) is 0 Å².